The standard InChI is InChI=1S/C15H15BrN2O2/c1-9-5-10(7-11(16)6-9)15(19)18-14-8-12(20-2)3-4-13(14)17/h3-8H,17H2,1-2H3,(H,18,19). The van der Waals surface area contributed by atoms with Crippen LogP contribution in [0.2, 0.25) is 0 Å². The van der Waals surface area contributed by atoms with Crippen LogP contribution in [0.25, 0.3) is 0 Å². The Hall–Kier alpha value is -2.01. The Kier molecular flexibility index (Phi) is 4.29. The second kappa shape index (κ2) is 5.96. The second-order valence-corrected chi connectivity index (χ2v) is 5.34. The number of hydrogen-bond acceptors (Lipinski definition) is 3. The molecular formula is C15H15BrN2O2. The molecule has 2 aromatic rings. The van der Waals surface area contributed by atoms with Crippen LogP contribution in [-0.2, 0) is 0 Å². The minimum Gasteiger partial charge on any atom is -0.497 e. The molecule has 2 aromatic carbocycles. The van der Waals surface area contributed by atoms with Crippen LogP contribution in [0.3, 0.4) is 0 Å². The topological polar surface area (TPSA) is 64.3 Å². The summed E-state index contributed by atoms with van der Waals surface area (Å²) in [5.74, 6) is 0.425. The number of aryl methyl sites for hydroxylation is 1. The lowest BCUT2D eigenvalue weighted by Gasteiger charge is -2.10. The molecule has 5 heteroatoms. The van der Waals surface area contributed by atoms with Crippen molar-refractivity contribution in [3.05, 3.63) is 52.0 Å². The van der Waals surface area contributed by atoms with E-state index in [-0.39, 0.29) is 5.91 Å². The molecule has 0 heterocycles. The number of hydrogen-bond donors (Lipinski definition) is 2. The molecule has 0 saturated heterocycles. The quantitative estimate of drug-likeness (QED) is 0.843. The zero-order valence-electron chi connectivity index (χ0n) is 11.2. The molecule has 0 saturated carbocycles. The van der Waals surface area contributed by atoms with Gasteiger partial charge < -0.3 is 15.8 Å². The highest BCUT2D eigenvalue weighted by Gasteiger charge is 2.10. The highest BCUT2D eigenvalue weighted by molar-refractivity contribution is 9.10. The molecular weight excluding hydrogens is 320 g/mol. The average molecular weight is 335 g/mol. The van der Waals surface area contributed by atoms with Crippen molar-refractivity contribution in [3.63, 3.8) is 0 Å². The monoisotopic (exact) mass is 334 g/mol. The van der Waals surface area contributed by atoms with E-state index < -0.39 is 0 Å². The van der Waals surface area contributed by atoms with Gasteiger partial charge in [0, 0.05) is 16.1 Å². The first-order valence-electron chi connectivity index (χ1n) is 6.01. The van der Waals surface area contributed by atoms with E-state index in [0.29, 0.717) is 22.7 Å². The summed E-state index contributed by atoms with van der Waals surface area (Å²) >= 11 is 3.38. The number of anilines is 2. The Morgan fingerprint density at radius 1 is 1.25 bits per heavy atom. The molecule has 0 bridgehead atoms. The summed E-state index contributed by atoms with van der Waals surface area (Å²) in [5, 5.41) is 2.79. The minimum absolute atomic E-state index is 0.214. The number of benzene rings is 2. The molecule has 0 aliphatic carbocycles. The Morgan fingerprint density at radius 3 is 2.65 bits per heavy atom. The van der Waals surface area contributed by atoms with Crippen molar-refractivity contribution in [1.82, 2.24) is 0 Å². The predicted octanol–water partition coefficient (Wildman–Crippen LogP) is 3.60. The van der Waals surface area contributed by atoms with Gasteiger partial charge in [0.25, 0.3) is 5.91 Å². The molecule has 0 unspecified atom stereocenters. The van der Waals surface area contributed by atoms with Gasteiger partial charge in [-0.05, 0) is 42.8 Å². The van der Waals surface area contributed by atoms with Crippen LogP contribution in [0, 0.1) is 6.92 Å². The zero-order valence-corrected chi connectivity index (χ0v) is 12.8. The number of halogens is 1. The van der Waals surface area contributed by atoms with Crippen molar-refractivity contribution in [2.45, 2.75) is 6.92 Å². The van der Waals surface area contributed by atoms with Crippen LogP contribution in [0.15, 0.2) is 40.9 Å². The fourth-order valence-electron chi connectivity index (χ4n) is 1.83. The number of carbonyl (C=O) groups is 1. The van der Waals surface area contributed by atoms with Crippen molar-refractivity contribution in [2.75, 3.05) is 18.2 Å². The molecule has 3 N–H and O–H groups in total. The molecule has 1 amide bonds. The maximum atomic E-state index is 12.2. The van der Waals surface area contributed by atoms with Crippen LogP contribution in [0.5, 0.6) is 5.75 Å². The van der Waals surface area contributed by atoms with Gasteiger partial charge in [-0.1, -0.05) is 15.9 Å². The first kappa shape index (κ1) is 14.4. The minimum atomic E-state index is -0.214. The lowest BCUT2D eigenvalue weighted by Crippen LogP contribution is -2.13. The number of amides is 1. The van der Waals surface area contributed by atoms with Crippen molar-refractivity contribution >= 4 is 33.2 Å². The number of rotatable bonds is 3. The van der Waals surface area contributed by atoms with Gasteiger partial charge in [0.2, 0.25) is 0 Å². The van der Waals surface area contributed by atoms with Crippen LogP contribution in [0.1, 0.15) is 15.9 Å². The third-order valence-corrected chi connectivity index (χ3v) is 3.27. The summed E-state index contributed by atoms with van der Waals surface area (Å²) in [5.41, 5.74) is 8.45. The summed E-state index contributed by atoms with van der Waals surface area (Å²) in [7, 11) is 1.56. The van der Waals surface area contributed by atoms with Gasteiger partial charge in [-0.15, -0.1) is 0 Å². The molecule has 4 nitrogen and oxygen atoms in total. The summed E-state index contributed by atoms with van der Waals surface area (Å²) in [6, 6.07) is 10.7. The molecule has 2 rings (SSSR count). The largest absolute Gasteiger partial charge is 0.497 e. The van der Waals surface area contributed by atoms with Gasteiger partial charge in [0.05, 0.1) is 18.5 Å². The van der Waals surface area contributed by atoms with E-state index >= 15 is 0 Å². The van der Waals surface area contributed by atoms with E-state index in [1.807, 2.05) is 19.1 Å². The number of carbonyl (C=O) groups excluding carboxylic acids is 1. The smallest absolute Gasteiger partial charge is 0.255 e. The molecule has 104 valence electrons. The van der Waals surface area contributed by atoms with Crippen molar-refractivity contribution in [1.29, 1.82) is 0 Å². The normalized spacial score (nSPS) is 10.2. The number of methoxy groups -OCH3 is 1. The summed E-state index contributed by atoms with van der Waals surface area (Å²) in [4.78, 5) is 12.2. The van der Waals surface area contributed by atoms with Crippen molar-refractivity contribution in [2.24, 2.45) is 0 Å². The van der Waals surface area contributed by atoms with Crippen LogP contribution in [-0.4, -0.2) is 13.0 Å². The van der Waals surface area contributed by atoms with Crippen LogP contribution < -0.4 is 15.8 Å². The molecule has 0 aliphatic rings. The Balaban J connectivity index is 2.27. The Morgan fingerprint density at radius 2 is 2.00 bits per heavy atom. The zero-order chi connectivity index (χ0) is 14.7. The van der Waals surface area contributed by atoms with E-state index in [4.69, 9.17) is 10.5 Å². The summed E-state index contributed by atoms with van der Waals surface area (Å²) < 4.78 is 5.98. The van der Waals surface area contributed by atoms with E-state index in [0.717, 1.165) is 10.0 Å². The lowest BCUT2D eigenvalue weighted by molar-refractivity contribution is 0.102. The highest BCUT2D eigenvalue weighted by Crippen LogP contribution is 2.25. The molecule has 0 spiro atoms. The van der Waals surface area contributed by atoms with E-state index in [2.05, 4.69) is 21.2 Å². The van der Waals surface area contributed by atoms with E-state index in [1.54, 1.807) is 31.4 Å². The van der Waals surface area contributed by atoms with Gasteiger partial charge in [-0.2, -0.15) is 0 Å². The number of nitrogens with one attached hydrogen (secondary N) is 1. The first-order valence-corrected chi connectivity index (χ1v) is 6.81. The molecule has 0 aliphatic heterocycles. The van der Waals surface area contributed by atoms with Crippen molar-refractivity contribution in [3.8, 4) is 5.75 Å². The van der Waals surface area contributed by atoms with Crippen molar-refractivity contribution < 1.29 is 9.53 Å². The summed E-state index contributed by atoms with van der Waals surface area (Å²) in [6.45, 7) is 1.93. The third kappa shape index (κ3) is 3.30. The fraction of sp³-hybridized carbons (Fsp3) is 0.133. The second-order valence-electron chi connectivity index (χ2n) is 4.42. The molecule has 0 aromatic heterocycles. The molecule has 0 radical (unpaired) electrons. The summed E-state index contributed by atoms with van der Waals surface area (Å²) in [6.07, 6.45) is 0. The fourth-order valence-corrected chi connectivity index (χ4v) is 2.44. The number of ether oxygens (including phenoxy) is 1. The van der Waals surface area contributed by atoms with Gasteiger partial charge in [0.1, 0.15) is 5.75 Å². The van der Waals surface area contributed by atoms with E-state index in [1.165, 1.54) is 0 Å². The average Bonchev–Trinajstić information content (AvgIpc) is 2.40. The van der Waals surface area contributed by atoms with Gasteiger partial charge in [-0.25, -0.2) is 0 Å². The third-order valence-electron chi connectivity index (χ3n) is 2.81. The number of nitrogens with two attached hydrogens (primary N) is 1. The van der Waals surface area contributed by atoms with Gasteiger partial charge in [-0.3, -0.25) is 4.79 Å². The predicted molar refractivity (Wildman–Crippen MR) is 84.2 cm³/mol. The van der Waals surface area contributed by atoms with Crippen LogP contribution >= 0.6 is 15.9 Å². The SMILES string of the molecule is COc1ccc(N)c(NC(=O)c2cc(C)cc(Br)c2)c1. The first-order chi connectivity index (χ1) is 9.49. The van der Waals surface area contributed by atoms with Gasteiger partial charge in [0.15, 0.2) is 0 Å². The Bertz CT molecular complexity index is 636. The number of nitrogen functional groups attached to an aromatic ring is 1. The van der Waals surface area contributed by atoms with Gasteiger partial charge >= 0.3 is 0 Å². The van der Waals surface area contributed by atoms with Crippen LogP contribution in [0.4, 0.5) is 11.4 Å². The molecule has 20 heavy (non-hydrogen) atoms. The van der Waals surface area contributed by atoms with E-state index in [9.17, 15) is 4.79 Å². The molecule has 0 fully saturated rings. The highest BCUT2D eigenvalue weighted by atomic mass is 79.9. The maximum Gasteiger partial charge on any atom is 0.255 e. The Labute approximate surface area is 126 Å². The molecule has 0 atom stereocenters. The maximum absolute atomic E-state index is 12.2. The lowest BCUT2D eigenvalue weighted by atomic mass is 10.1.